The molecule has 0 unspecified atom stereocenters. The first-order chi connectivity index (χ1) is 15.6. The summed E-state index contributed by atoms with van der Waals surface area (Å²) in [6.07, 6.45) is 4.70. The van der Waals surface area contributed by atoms with Crippen molar-refractivity contribution in [3.05, 3.63) is 65.4 Å². The van der Waals surface area contributed by atoms with Gasteiger partial charge in [0.25, 0.3) is 5.91 Å². The van der Waals surface area contributed by atoms with Gasteiger partial charge in [-0.25, -0.2) is 0 Å². The number of Topliss-reactive ketones (excluding diaryl/α,β-unsaturated/α-hetero) is 1. The second-order valence-corrected chi connectivity index (χ2v) is 7.71. The van der Waals surface area contributed by atoms with Gasteiger partial charge < -0.3 is 19.7 Å². The molecular formula is C25H28N2O5. The van der Waals surface area contributed by atoms with E-state index in [-0.39, 0.29) is 17.8 Å². The molecule has 1 saturated heterocycles. The smallest absolute Gasteiger partial charge is 0.257 e. The lowest BCUT2D eigenvalue weighted by Crippen LogP contribution is -2.39. The number of ketones is 1. The maximum absolute atomic E-state index is 13.2. The molecule has 168 valence electrons. The Labute approximate surface area is 187 Å². The van der Waals surface area contributed by atoms with E-state index in [4.69, 9.17) is 9.84 Å². The number of H-pyrrole nitrogens is 1. The van der Waals surface area contributed by atoms with E-state index in [2.05, 4.69) is 29.2 Å². The zero-order valence-corrected chi connectivity index (χ0v) is 18.3. The topological polar surface area (TPSA) is 99.7 Å². The van der Waals surface area contributed by atoms with Crippen LogP contribution in [0.25, 0.3) is 10.9 Å². The van der Waals surface area contributed by atoms with Crippen molar-refractivity contribution in [3.63, 3.8) is 0 Å². The molecule has 0 bridgehead atoms. The number of benzene rings is 2. The molecule has 2 N–H and O–H groups in total. The summed E-state index contributed by atoms with van der Waals surface area (Å²) in [6.45, 7) is 1.37. The highest BCUT2D eigenvalue weighted by Gasteiger charge is 2.27. The molecule has 4 rings (SSSR count). The highest BCUT2D eigenvalue weighted by Crippen LogP contribution is 2.30. The van der Waals surface area contributed by atoms with E-state index in [0.29, 0.717) is 41.2 Å². The molecule has 2 heterocycles. The molecule has 0 radical (unpaired) electrons. The molecule has 1 amide bonds. The van der Waals surface area contributed by atoms with Gasteiger partial charge in [0.15, 0.2) is 6.29 Å². The van der Waals surface area contributed by atoms with Crippen LogP contribution in [-0.4, -0.2) is 60.3 Å². The molecule has 7 heteroatoms. The molecular weight excluding hydrogens is 408 g/mol. The van der Waals surface area contributed by atoms with Crippen LogP contribution in [0.2, 0.25) is 0 Å². The molecule has 0 saturated carbocycles. The number of aliphatic hydroxyl groups is 1. The molecule has 1 fully saturated rings. The monoisotopic (exact) mass is 436 g/mol. The molecule has 1 aromatic heterocycles. The first-order valence-corrected chi connectivity index (χ1v) is 10.6. The van der Waals surface area contributed by atoms with Crippen molar-refractivity contribution >= 4 is 28.9 Å². The number of nitrogens with zero attached hydrogens (tertiary/aromatic N) is 1. The maximum Gasteiger partial charge on any atom is 0.257 e. The summed E-state index contributed by atoms with van der Waals surface area (Å²) >= 11 is 0. The number of hydrogen-bond acceptors (Lipinski definition) is 5. The molecule has 0 atom stereocenters. The van der Waals surface area contributed by atoms with Crippen LogP contribution in [0.15, 0.2) is 48.7 Å². The molecule has 2 aromatic carbocycles. The van der Waals surface area contributed by atoms with Gasteiger partial charge in [-0.1, -0.05) is 30.3 Å². The van der Waals surface area contributed by atoms with Crippen molar-refractivity contribution in [2.75, 3.05) is 27.3 Å². The lowest BCUT2D eigenvalue weighted by molar-refractivity contribution is -0.104. The third-order valence-electron chi connectivity index (χ3n) is 5.87. The molecule has 1 aliphatic heterocycles. The van der Waals surface area contributed by atoms with Crippen molar-refractivity contribution in [3.8, 4) is 5.75 Å². The van der Waals surface area contributed by atoms with E-state index in [1.165, 1.54) is 18.9 Å². The largest absolute Gasteiger partial charge is 0.496 e. The maximum atomic E-state index is 13.2. The Morgan fingerprint density at radius 2 is 1.81 bits per heavy atom. The van der Waals surface area contributed by atoms with E-state index in [0.717, 1.165) is 26.4 Å². The van der Waals surface area contributed by atoms with Crippen LogP contribution in [0, 0.1) is 5.92 Å². The van der Waals surface area contributed by atoms with Crippen molar-refractivity contribution in [2.45, 2.75) is 19.3 Å². The third kappa shape index (κ3) is 4.89. The van der Waals surface area contributed by atoms with Gasteiger partial charge >= 0.3 is 0 Å². The molecule has 0 aliphatic carbocycles. The molecule has 3 aromatic rings. The van der Waals surface area contributed by atoms with Crippen LogP contribution in [0.3, 0.4) is 0 Å². The lowest BCUT2D eigenvalue weighted by Gasteiger charge is -2.32. The Balaban J connectivity index is 0.00000141. The minimum Gasteiger partial charge on any atom is -0.496 e. The zero-order chi connectivity index (χ0) is 23.1. The summed E-state index contributed by atoms with van der Waals surface area (Å²) in [5, 5.41) is 7.55. The van der Waals surface area contributed by atoms with Crippen LogP contribution in [0.1, 0.15) is 39.1 Å². The van der Waals surface area contributed by atoms with Gasteiger partial charge in [-0.2, -0.15) is 0 Å². The fourth-order valence-electron chi connectivity index (χ4n) is 4.21. The molecule has 7 nitrogen and oxygen atoms in total. The summed E-state index contributed by atoms with van der Waals surface area (Å²) in [7, 11) is 2.52. The standard InChI is InChI=1S/C24H24N2O4.CH4O/c1-30-23-13-21-18(20(14-25-21)22(28)15-27)12-19(23)24(29)26-9-7-17(8-10-26)11-16-5-3-2-4-6-16;1-2/h2-6,12-15,17,25H,7-11H2,1H3;2H,1H3. The number of methoxy groups -OCH3 is 1. The second kappa shape index (κ2) is 10.7. The predicted molar refractivity (Wildman–Crippen MR) is 122 cm³/mol. The Morgan fingerprint density at radius 1 is 1.12 bits per heavy atom. The number of rotatable bonds is 6. The van der Waals surface area contributed by atoms with Gasteiger partial charge in [0.1, 0.15) is 5.75 Å². The first-order valence-electron chi connectivity index (χ1n) is 10.6. The van der Waals surface area contributed by atoms with Crippen LogP contribution >= 0.6 is 0 Å². The number of piperidine rings is 1. The number of aromatic nitrogens is 1. The number of amides is 1. The van der Waals surface area contributed by atoms with Gasteiger partial charge in [0.05, 0.1) is 18.2 Å². The Morgan fingerprint density at radius 3 is 2.44 bits per heavy atom. The number of aromatic amines is 1. The number of aldehydes is 1. The molecule has 1 aliphatic rings. The van der Waals surface area contributed by atoms with Crippen molar-refractivity contribution in [1.29, 1.82) is 0 Å². The third-order valence-corrected chi connectivity index (χ3v) is 5.87. The number of aliphatic hydroxyl groups excluding tert-OH is 1. The zero-order valence-electron chi connectivity index (χ0n) is 18.3. The second-order valence-electron chi connectivity index (χ2n) is 7.71. The van der Waals surface area contributed by atoms with Crippen molar-refractivity contribution in [2.24, 2.45) is 5.92 Å². The number of ether oxygens (including phenoxy) is 1. The average molecular weight is 437 g/mol. The summed E-state index contributed by atoms with van der Waals surface area (Å²) < 4.78 is 5.44. The number of carbonyl (C=O) groups excluding carboxylic acids is 3. The van der Waals surface area contributed by atoms with E-state index in [1.54, 1.807) is 12.1 Å². The van der Waals surface area contributed by atoms with E-state index in [1.807, 2.05) is 11.0 Å². The Kier molecular flexibility index (Phi) is 7.78. The summed E-state index contributed by atoms with van der Waals surface area (Å²) in [5.41, 5.74) is 2.65. The fourth-order valence-corrected chi connectivity index (χ4v) is 4.21. The van der Waals surface area contributed by atoms with Crippen LogP contribution in [-0.2, 0) is 11.2 Å². The van der Waals surface area contributed by atoms with Gasteiger partial charge in [0.2, 0.25) is 5.78 Å². The number of likely N-dealkylation sites (tertiary alicyclic amines) is 1. The van der Waals surface area contributed by atoms with Gasteiger partial charge in [-0.15, -0.1) is 0 Å². The van der Waals surface area contributed by atoms with Gasteiger partial charge in [-0.05, 0) is 36.8 Å². The summed E-state index contributed by atoms with van der Waals surface area (Å²) in [6, 6.07) is 13.8. The predicted octanol–water partition coefficient (Wildman–Crippen LogP) is 3.26. The van der Waals surface area contributed by atoms with Crippen LogP contribution < -0.4 is 4.74 Å². The Bertz CT molecular complexity index is 1080. The van der Waals surface area contributed by atoms with E-state index in [9.17, 15) is 14.4 Å². The normalized spacial score (nSPS) is 13.9. The quantitative estimate of drug-likeness (QED) is 0.351. The Hall–Kier alpha value is -3.45. The van der Waals surface area contributed by atoms with Crippen LogP contribution in [0.4, 0.5) is 0 Å². The van der Waals surface area contributed by atoms with Crippen molar-refractivity contribution in [1.82, 2.24) is 9.88 Å². The van der Waals surface area contributed by atoms with Gasteiger partial charge in [0, 0.05) is 43.4 Å². The van der Waals surface area contributed by atoms with Gasteiger partial charge in [-0.3, -0.25) is 14.4 Å². The summed E-state index contributed by atoms with van der Waals surface area (Å²) in [5.74, 6) is 0.275. The molecule has 0 spiro atoms. The fraction of sp³-hybridized carbons (Fsp3) is 0.320. The average Bonchev–Trinajstić information content (AvgIpc) is 3.27. The SMILES string of the molecule is CO.COc1cc2[nH]cc(C(=O)C=O)c2cc1C(=O)N1CCC(Cc2ccccc2)CC1. The highest BCUT2D eigenvalue weighted by molar-refractivity contribution is 6.36. The van der Waals surface area contributed by atoms with E-state index >= 15 is 0 Å². The van der Waals surface area contributed by atoms with E-state index < -0.39 is 5.78 Å². The summed E-state index contributed by atoms with van der Waals surface area (Å²) in [4.78, 5) is 40.9. The first kappa shape index (κ1) is 23.2. The number of hydrogen-bond donors (Lipinski definition) is 2. The number of carbonyl (C=O) groups is 3. The minimum atomic E-state index is -0.619. The number of fused-ring (bicyclic) bond motifs is 1. The van der Waals surface area contributed by atoms with Crippen molar-refractivity contribution < 1.29 is 24.2 Å². The highest BCUT2D eigenvalue weighted by atomic mass is 16.5. The minimum absolute atomic E-state index is 0.113. The number of nitrogens with one attached hydrogen (secondary N) is 1. The molecule has 32 heavy (non-hydrogen) atoms. The lowest BCUT2D eigenvalue weighted by atomic mass is 9.90. The van der Waals surface area contributed by atoms with Crippen LogP contribution in [0.5, 0.6) is 5.75 Å².